The molecule has 3 saturated heterocycles. The Morgan fingerprint density at radius 1 is 1.27 bits per heavy atom. The number of urea groups is 1. The molecule has 12 heteroatoms. The summed E-state index contributed by atoms with van der Waals surface area (Å²) in [4.78, 5) is 31.2. The van der Waals surface area contributed by atoms with E-state index in [1.54, 1.807) is 0 Å². The number of hydrogen-bond acceptors (Lipinski definition) is 7. The van der Waals surface area contributed by atoms with Crippen molar-refractivity contribution in [3.05, 3.63) is 0 Å². The maximum atomic E-state index is 13.0. The highest BCUT2D eigenvalue weighted by Crippen LogP contribution is 2.46. The van der Waals surface area contributed by atoms with Gasteiger partial charge in [-0.1, -0.05) is 4.65 Å². The summed E-state index contributed by atoms with van der Waals surface area (Å²) in [6.07, 6.45) is 2.04. The molecule has 2 bridgehead atoms. The topological polar surface area (TPSA) is 136 Å². The molecule has 0 aromatic carbocycles. The number of hydroxylamine groups is 5. The quantitative estimate of drug-likeness (QED) is 0.481. The van der Waals surface area contributed by atoms with Crippen LogP contribution in [0.15, 0.2) is 0 Å². The van der Waals surface area contributed by atoms with Gasteiger partial charge in [-0.15, -0.1) is 9.35 Å². The molecule has 3 N–H and O–H groups in total. The molecule has 4 fully saturated rings. The van der Waals surface area contributed by atoms with E-state index in [1.165, 1.54) is 0 Å². The zero-order valence-electron chi connectivity index (χ0n) is 14.0. The van der Waals surface area contributed by atoms with Crippen molar-refractivity contribution >= 4 is 34.1 Å². The van der Waals surface area contributed by atoms with Crippen molar-refractivity contribution in [2.24, 2.45) is 17.6 Å². The van der Waals surface area contributed by atoms with Gasteiger partial charge in [0.15, 0.2) is 0 Å². The van der Waals surface area contributed by atoms with E-state index in [2.05, 4.69) is 4.28 Å². The van der Waals surface area contributed by atoms with E-state index in [-0.39, 0.29) is 19.1 Å². The Bertz CT molecular complexity index is 720. The number of fused-ring (bicyclic) bond motifs is 3. The maximum Gasteiger partial charge on any atom is 0.477 e. The fourth-order valence-corrected chi connectivity index (χ4v) is 6.75. The Hall–Kier alpha value is -0.920. The molecule has 0 aromatic rings. The van der Waals surface area contributed by atoms with Crippen molar-refractivity contribution in [3.8, 4) is 0 Å². The zero-order chi connectivity index (χ0) is 18.7. The lowest BCUT2D eigenvalue weighted by atomic mass is 10.00. The fourth-order valence-electron chi connectivity index (χ4n) is 4.81. The van der Waals surface area contributed by atoms with Crippen LogP contribution in [0.2, 0.25) is 0 Å². The summed E-state index contributed by atoms with van der Waals surface area (Å²) in [6, 6.07) is -2.31. The summed E-state index contributed by atoms with van der Waals surface area (Å²) < 4.78 is 35.0. The third-order valence-corrected chi connectivity index (χ3v) is 7.58. The van der Waals surface area contributed by atoms with E-state index in [1.807, 2.05) is 11.8 Å². The van der Waals surface area contributed by atoms with Crippen LogP contribution in [-0.4, -0.2) is 70.9 Å². The van der Waals surface area contributed by atoms with Crippen molar-refractivity contribution in [1.82, 2.24) is 5.06 Å². The molecule has 26 heavy (non-hydrogen) atoms. The predicted molar refractivity (Wildman–Crippen MR) is 89.4 cm³/mol. The SMILES string of the molecule is NC(=O)[C@@H]1CC[C@@H]2C[N+]1(OC1CC3CSCC3C1)C(=O)N2OS(=O)(=O)O. The van der Waals surface area contributed by atoms with Gasteiger partial charge in [-0.25, -0.2) is 4.79 Å². The van der Waals surface area contributed by atoms with Crippen LogP contribution < -0.4 is 5.73 Å². The van der Waals surface area contributed by atoms with Crippen molar-refractivity contribution in [3.63, 3.8) is 0 Å². The number of nitrogens with zero attached hydrogens (tertiary/aromatic N) is 2. The number of carbonyl (C=O) groups is 2. The summed E-state index contributed by atoms with van der Waals surface area (Å²) in [6.45, 7) is 0.0720. The average Bonchev–Trinajstić information content (AvgIpc) is 3.15. The first-order valence-corrected chi connectivity index (χ1v) is 11.2. The Balaban J connectivity index is 1.61. The zero-order valence-corrected chi connectivity index (χ0v) is 15.7. The molecule has 146 valence electrons. The van der Waals surface area contributed by atoms with Gasteiger partial charge in [-0.05, 0) is 42.6 Å². The largest absolute Gasteiger partial charge is 0.477 e. The first kappa shape index (κ1) is 18.4. The van der Waals surface area contributed by atoms with Crippen LogP contribution in [-0.2, 0) is 24.3 Å². The summed E-state index contributed by atoms with van der Waals surface area (Å²) >= 11 is 1.92. The lowest BCUT2D eigenvalue weighted by Crippen LogP contribution is -2.64. The second kappa shape index (κ2) is 6.31. The van der Waals surface area contributed by atoms with E-state index in [9.17, 15) is 18.0 Å². The number of hydrogen-bond donors (Lipinski definition) is 2. The number of thioether (sulfide) groups is 1. The number of quaternary nitrogens is 1. The Morgan fingerprint density at radius 3 is 2.50 bits per heavy atom. The van der Waals surface area contributed by atoms with Gasteiger partial charge in [0.2, 0.25) is 6.04 Å². The van der Waals surface area contributed by atoms with Crippen LogP contribution >= 0.6 is 11.8 Å². The highest BCUT2D eigenvalue weighted by molar-refractivity contribution is 7.99. The Kier molecular flexibility index (Phi) is 4.48. The summed E-state index contributed by atoms with van der Waals surface area (Å²) in [5, 5.41) is 0.629. The molecule has 3 aliphatic heterocycles. The number of carbonyl (C=O) groups excluding carboxylic acids is 2. The molecule has 4 rings (SSSR count). The van der Waals surface area contributed by atoms with Crippen molar-refractivity contribution < 1.29 is 36.3 Å². The first-order valence-electron chi connectivity index (χ1n) is 8.63. The summed E-state index contributed by atoms with van der Waals surface area (Å²) in [5.41, 5.74) is 5.52. The lowest BCUT2D eigenvalue weighted by molar-refractivity contribution is -1.06. The second-order valence-corrected chi connectivity index (χ2v) is 9.57. The number of rotatable bonds is 5. The first-order chi connectivity index (χ1) is 12.2. The molecule has 10 nitrogen and oxygen atoms in total. The molecular weight excluding hydrogens is 386 g/mol. The molecule has 3 unspecified atom stereocenters. The van der Waals surface area contributed by atoms with Gasteiger partial charge >= 0.3 is 16.4 Å². The standard InChI is InChI=1S/C14H21N3O7S2/c15-13(18)12-2-1-10-5-17(12,14(19)16(10)24-26(20,21)22)23-11-3-8-6-25-7-9(8)4-11/h8-12H,1-7H2,(H2-,15,18,20,21,22)/p+1/t8?,9?,10-,11?,12+,17?/m1/s1. The molecule has 0 spiro atoms. The van der Waals surface area contributed by atoms with Crippen LogP contribution in [0.3, 0.4) is 0 Å². The molecule has 0 radical (unpaired) electrons. The molecule has 5 atom stereocenters. The third-order valence-electron chi connectivity index (χ3n) is 5.90. The van der Waals surface area contributed by atoms with Gasteiger partial charge < -0.3 is 5.73 Å². The van der Waals surface area contributed by atoms with Crippen molar-refractivity contribution in [2.45, 2.75) is 43.9 Å². The van der Waals surface area contributed by atoms with E-state index < -0.39 is 39.1 Å². The van der Waals surface area contributed by atoms with Crippen LogP contribution in [0.4, 0.5) is 4.79 Å². The molecule has 3 heterocycles. The Labute approximate surface area is 155 Å². The van der Waals surface area contributed by atoms with Crippen molar-refractivity contribution in [1.29, 1.82) is 0 Å². The van der Waals surface area contributed by atoms with Crippen molar-refractivity contribution in [2.75, 3.05) is 18.1 Å². The highest BCUT2D eigenvalue weighted by Gasteiger charge is 2.66. The van der Waals surface area contributed by atoms with Crippen LogP contribution in [0.1, 0.15) is 25.7 Å². The van der Waals surface area contributed by atoms with Gasteiger partial charge in [0.1, 0.15) is 18.7 Å². The number of piperidine rings is 1. The monoisotopic (exact) mass is 408 g/mol. The van der Waals surface area contributed by atoms with E-state index in [0.717, 1.165) is 24.3 Å². The van der Waals surface area contributed by atoms with E-state index in [0.29, 0.717) is 23.3 Å². The van der Waals surface area contributed by atoms with Gasteiger partial charge in [-0.3, -0.25) is 9.35 Å². The minimum atomic E-state index is -4.86. The average molecular weight is 408 g/mol. The molecule has 3 amide bonds. The molecule has 1 aliphatic carbocycles. The number of primary amides is 1. The minimum absolute atomic E-state index is 0.0720. The van der Waals surface area contributed by atoms with Gasteiger partial charge in [-0.2, -0.15) is 25.0 Å². The molecule has 4 aliphatic rings. The van der Waals surface area contributed by atoms with E-state index in [4.69, 9.17) is 15.1 Å². The lowest BCUT2D eigenvalue weighted by Gasteiger charge is -2.37. The van der Waals surface area contributed by atoms with Gasteiger partial charge in [0, 0.05) is 6.42 Å². The smallest absolute Gasteiger partial charge is 0.364 e. The number of nitrogens with two attached hydrogens (primary N) is 1. The normalized spacial score (nSPS) is 42.3. The van der Waals surface area contributed by atoms with Gasteiger partial charge in [0.25, 0.3) is 5.91 Å². The Morgan fingerprint density at radius 2 is 1.92 bits per heavy atom. The second-order valence-electron chi connectivity index (χ2n) is 7.49. The van der Waals surface area contributed by atoms with Crippen LogP contribution in [0.5, 0.6) is 0 Å². The molecule has 1 saturated carbocycles. The molecule has 0 aromatic heterocycles. The summed E-state index contributed by atoms with van der Waals surface area (Å²) in [5.74, 6) is 2.55. The maximum absolute atomic E-state index is 13.0. The van der Waals surface area contributed by atoms with Crippen LogP contribution in [0.25, 0.3) is 0 Å². The van der Waals surface area contributed by atoms with Gasteiger partial charge in [0.05, 0.1) is 0 Å². The third kappa shape index (κ3) is 3.02. The molecular formula is C14H22N3O7S2+. The summed E-state index contributed by atoms with van der Waals surface area (Å²) in [7, 11) is -4.86. The van der Waals surface area contributed by atoms with E-state index >= 15 is 0 Å². The fraction of sp³-hybridized carbons (Fsp3) is 0.857. The number of amides is 3. The predicted octanol–water partition coefficient (Wildman–Crippen LogP) is 0.0627. The highest BCUT2D eigenvalue weighted by atomic mass is 32.3. The minimum Gasteiger partial charge on any atom is -0.364 e. The van der Waals surface area contributed by atoms with Crippen LogP contribution in [0, 0.1) is 11.8 Å².